The molecule has 2 fully saturated rings. The average Bonchev–Trinajstić information content (AvgIpc) is 2.33. The molecule has 2 saturated carbocycles. The van der Waals surface area contributed by atoms with Gasteiger partial charge in [0.25, 0.3) is 0 Å². The van der Waals surface area contributed by atoms with Gasteiger partial charge in [-0.2, -0.15) is 0 Å². The Bertz CT molecular complexity index is 133. The quantitative estimate of drug-likeness (QED) is 0.644. The zero-order valence-electron chi connectivity index (χ0n) is 11.3. The third-order valence-electron chi connectivity index (χ3n) is 3.57. The third-order valence-corrected chi connectivity index (χ3v) is 3.57. The van der Waals surface area contributed by atoms with Crippen LogP contribution in [0.3, 0.4) is 0 Å². The summed E-state index contributed by atoms with van der Waals surface area (Å²) in [5, 5.41) is 5.00. The maximum atomic E-state index is 5.00. The second kappa shape index (κ2) is 9.61. The van der Waals surface area contributed by atoms with E-state index < -0.39 is 0 Å². The zero-order chi connectivity index (χ0) is 11.6. The van der Waals surface area contributed by atoms with Crippen LogP contribution in [0.1, 0.15) is 64.2 Å². The fraction of sp³-hybridized carbons (Fsp3) is 1.00. The Balaban J connectivity index is 0.000000386. The first-order valence-electron chi connectivity index (χ1n) is 7.30. The zero-order valence-corrected chi connectivity index (χ0v) is 13.7. The fourth-order valence-electron chi connectivity index (χ4n) is 2.76. The molecule has 0 saturated heterocycles. The Morgan fingerprint density at radius 1 is 0.688 bits per heavy atom. The van der Waals surface area contributed by atoms with E-state index in [1.54, 1.807) is 0 Å². The molecule has 0 unspecified atom stereocenters. The van der Waals surface area contributed by atoms with Gasteiger partial charge in [0.05, 0.1) is 0 Å². The molecule has 93 valence electrons. The Morgan fingerprint density at radius 2 is 1.00 bits per heavy atom. The minimum absolute atomic E-state index is 0.312. The standard InChI is InChI=1S/C12H22N.2CH3.Ga/c1-3-7-11(8-4-1)13-12-9-5-2-6-10-12;;;/h11-12H,1-10H2;2*1H3;/q-1;;;. The van der Waals surface area contributed by atoms with Crippen molar-refractivity contribution >= 4 is 17.4 Å². The Labute approximate surface area is 110 Å². The molecule has 2 aliphatic carbocycles. The number of nitrogens with zero attached hydrogens (tertiary/aromatic N) is 1. The van der Waals surface area contributed by atoms with Gasteiger partial charge in [0, 0.05) is 0 Å². The second-order valence-corrected chi connectivity index (χ2v) is 7.73. The molecule has 16 heavy (non-hydrogen) atoms. The van der Waals surface area contributed by atoms with Crippen molar-refractivity contribution < 1.29 is 0 Å². The van der Waals surface area contributed by atoms with Crippen LogP contribution in [-0.2, 0) is 0 Å². The van der Waals surface area contributed by atoms with Gasteiger partial charge in [0.1, 0.15) is 0 Å². The summed E-state index contributed by atoms with van der Waals surface area (Å²) in [7, 11) is 0. The van der Waals surface area contributed by atoms with Crippen LogP contribution in [-0.4, -0.2) is 29.5 Å². The average molecular weight is 280 g/mol. The first-order chi connectivity index (χ1) is 7.86. The van der Waals surface area contributed by atoms with Crippen molar-refractivity contribution in [1.82, 2.24) is 0 Å². The minimum atomic E-state index is 0.312. The molecule has 0 aromatic rings. The van der Waals surface area contributed by atoms with Crippen molar-refractivity contribution in [3.05, 3.63) is 5.32 Å². The molecule has 0 atom stereocenters. The van der Waals surface area contributed by atoms with E-state index in [-0.39, 0.29) is 0 Å². The van der Waals surface area contributed by atoms with E-state index in [4.69, 9.17) is 5.32 Å². The Kier molecular flexibility index (Phi) is 8.80. The molecule has 0 amide bonds. The van der Waals surface area contributed by atoms with E-state index in [1.165, 1.54) is 64.2 Å². The van der Waals surface area contributed by atoms with Gasteiger partial charge in [-0.25, -0.2) is 0 Å². The summed E-state index contributed by atoms with van der Waals surface area (Å²) in [6.45, 7) is 0. The second-order valence-electron chi connectivity index (χ2n) is 5.31. The normalized spacial score (nSPS) is 23.4. The molecule has 0 heterocycles. The number of hydrogen-bond donors (Lipinski definition) is 0. The summed E-state index contributed by atoms with van der Waals surface area (Å²) >= 11 is 0.312. The summed E-state index contributed by atoms with van der Waals surface area (Å²) in [5.41, 5.74) is 4.56. The van der Waals surface area contributed by atoms with Gasteiger partial charge in [-0.3, -0.25) is 0 Å². The van der Waals surface area contributed by atoms with Gasteiger partial charge in [-0.1, -0.05) is 64.2 Å². The molecule has 0 N–H and O–H groups in total. The van der Waals surface area contributed by atoms with Crippen molar-refractivity contribution in [3.63, 3.8) is 0 Å². The number of hydrogen-bond acceptors (Lipinski definition) is 0. The topological polar surface area (TPSA) is 14.1 Å². The molecular weight excluding hydrogens is 252 g/mol. The van der Waals surface area contributed by atoms with Crippen LogP contribution in [0.2, 0.25) is 11.0 Å². The summed E-state index contributed by atoms with van der Waals surface area (Å²) in [5.74, 6) is 0. The van der Waals surface area contributed by atoms with Gasteiger partial charge in [0.15, 0.2) is 0 Å². The monoisotopic (exact) mass is 279 g/mol. The van der Waals surface area contributed by atoms with Crippen molar-refractivity contribution in [3.8, 4) is 0 Å². The molecule has 0 spiro atoms. The van der Waals surface area contributed by atoms with Crippen LogP contribution in [0.25, 0.3) is 5.32 Å². The maximum absolute atomic E-state index is 5.00. The molecule has 0 aromatic carbocycles. The van der Waals surface area contributed by atoms with Crippen molar-refractivity contribution in [2.24, 2.45) is 0 Å². The van der Waals surface area contributed by atoms with Gasteiger partial charge in [0.2, 0.25) is 0 Å². The summed E-state index contributed by atoms with van der Waals surface area (Å²) in [4.78, 5) is 0. The van der Waals surface area contributed by atoms with Crippen molar-refractivity contribution in [2.45, 2.75) is 87.2 Å². The van der Waals surface area contributed by atoms with E-state index in [9.17, 15) is 0 Å². The molecule has 1 radical (unpaired) electrons. The van der Waals surface area contributed by atoms with Crippen molar-refractivity contribution in [2.75, 3.05) is 0 Å². The molecule has 2 aliphatic rings. The molecule has 2 rings (SSSR count). The van der Waals surface area contributed by atoms with Gasteiger partial charge in [-0.05, 0) is 0 Å². The third kappa shape index (κ3) is 6.36. The van der Waals surface area contributed by atoms with Crippen LogP contribution >= 0.6 is 0 Å². The molecule has 0 aromatic heterocycles. The first-order valence-corrected chi connectivity index (χ1v) is 12.1. The summed E-state index contributed by atoms with van der Waals surface area (Å²) in [6, 6.07) is 1.49. The van der Waals surface area contributed by atoms with Gasteiger partial charge in [-0.15, -0.1) is 12.1 Å². The molecule has 1 nitrogen and oxygen atoms in total. The van der Waals surface area contributed by atoms with Crippen LogP contribution in [0.15, 0.2) is 0 Å². The molecular formula is C14H28GaN-. The van der Waals surface area contributed by atoms with Crippen LogP contribution in [0.4, 0.5) is 0 Å². The predicted octanol–water partition coefficient (Wildman–Crippen LogP) is 4.81. The van der Waals surface area contributed by atoms with Gasteiger partial charge < -0.3 is 5.32 Å². The SMILES string of the molecule is C1CCC([N-]C2CCCCC2)CC1.[CH3][Ga][CH3]. The van der Waals surface area contributed by atoms with Crippen LogP contribution < -0.4 is 0 Å². The summed E-state index contributed by atoms with van der Waals surface area (Å²) in [6.07, 6.45) is 14.2. The van der Waals surface area contributed by atoms with Gasteiger partial charge >= 0.3 is 28.4 Å². The first kappa shape index (κ1) is 14.7. The van der Waals surface area contributed by atoms with E-state index >= 15 is 0 Å². The summed E-state index contributed by atoms with van der Waals surface area (Å²) < 4.78 is 0. The molecule has 0 aliphatic heterocycles. The molecule has 2 heteroatoms. The van der Waals surface area contributed by atoms with Crippen LogP contribution in [0, 0.1) is 0 Å². The van der Waals surface area contributed by atoms with E-state index in [2.05, 4.69) is 11.0 Å². The van der Waals surface area contributed by atoms with Crippen molar-refractivity contribution in [1.29, 1.82) is 0 Å². The fourth-order valence-corrected chi connectivity index (χ4v) is 2.76. The Hall–Kier alpha value is 0.596. The molecule has 0 bridgehead atoms. The van der Waals surface area contributed by atoms with E-state index in [0.717, 1.165) is 12.1 Å². The van der Waals surface area contributed by atoms with E-state index in [0.29, 0.717) is 17.4 Å². The van der Waals surface area contributed by atoms with E-state index in [1.807, 2.05) is 0 Å². The Morgan fingerprint density at radius 3 is 1.31 bits per heavy atom. The van der Waals surface area contributed by atoms with Crippen LogP contribution in [0.5, 0.6) is 0 Å². The number of rotatable bonds is 2. The predicted molar refractivity (Wildman–Crippen MR) is 74.6 cm³/mol.